The van der Waals surface area contributed by atoms with Gasteiger partial charge in [-0.2, -0.15) is 0 Å². The maximum absolute atomic E-state index is 12.1. The number of rotatable bonds is 5. The highest BCUT2D eigenvalue weighted by molar-refractivity contribution is 6.32. The number of amides is 1. The maximum atomic E-state index is 12.1. The molecule has 1 heterocycles. The molecule has 1 amide bonds. The first-order valence-electron chi connectivity index (χ1n) is 7.73. The molecule has 0 fully saturated rings. The fourth-order valence-corrected chi connectivity index (χ4v) is 2.74. The fourth-order valence-electron chi connectivity index (χ4n) is 2.74. The van der Waals surface area contributed by atoms with Gasteiger partial charge in [0, 0.05) is 29.6 Å². The van der Waals surface area contributed by atoms with Gasteiger partial charge in [-0.3, -0.25) is 9.59 Å². The predicted molar refractivity (Wildman–Crippen MR) is 93.8 cm³/mol. The van der Waals surface area contributed by atoms with Gasteiger partial charge in [0.15, 0.2) is 0 Å². The van der Waals surface area contributed by atoms with Crippen molar-refractivity contribution in [1.82, 2.24) is 0 Å². The van der Waals surface area contributed by atoms with Crippen molar-refractivity contribution < 1.29 is 14.7 Å². The van der Waals surface area contributed by atoms with Crippen LogP contribution in [0.5, 0.6) is 0 Å². The van der Waals surface area contributed by atoms with Gasteiger partial charge in [-0.25, -0.2) is 0 Å². The van der Waals surface area contributed by atoms with Gasteiger partial charge in [0.2, 0.25) is 0 Å². The number of aliphatic carboxylic acids is 1. The number of carboxylic acid groups (broad SMARTS) is 1. The van der Waals surface area contributed by atoms with Crippen LogP contribution in [0.15, 0.2) is 48.7 Å². The average molecular weight is 322 g/mol. The summed E-state index contributed by atoms with van der Waals surface area (Å²) in [6.07, 6.45) is 2.33. The number of nitrogens with one attached hydrogen (secondary N) is 2. The average Bonchev–Trinajstić information content (AvgIpc) is 2.88. The van der Waals surface area contributed by atoms with E-state index >= 15 is 0 Å². The number of carbonyl (C=O) groups excluding carboxylic acids is 1. The minimum absolute atomic E-state index is 0.118. The van der Waals surface area contributed by atoms with Crippen LogP contribution in [-0.2, 0) is 16.0 Å². The van der Waals surface area contributed by atoms with E-state index in [0.29, 0.717) is 12.0 Å². The van der Waals surface area contributed by atoms with E-state index in [-0.39, 0.29) is 12.3 Å². The molecule has 0 aliphatic carbocycles. The number of fused-ring (bicyclic) bond motifs is 1. The Morgan fingerprint density at radius 1 is 1.21 bits per heavy atom. The largest absolute Gasteiger partial charge is 0.481 e. The topological polar surface area (TPSA) is 78.4 Å². The number of hydrogen-bond donors (Lipinski definition) is 3. The maximum Gasteiger partial charge on any atom is 0.303 e. The highest BCUT2D eigenvalue weighted by Crippen LogP contribution is 2.34. The molecule has 0 bridgehead atoms. The Bertz CT molecular complexity index is 823. The third-order valence-electron chi connectivity index (χ3n) is 4.00. The number of anilines is 2. The normalized spacial score (nSPS) is 14.4. The summed E-state index contributed by atoms with van der Waals surface area (Å²) in [5, 5.41) is 14.7. The molecule has 0 unspecified atom stereocenters. The molecule has 1 aliphatic rings. The molecular formula is C19H18N2O3. The molecule has 0 saturated carbocycles. The van der Waals surface area contributed by atoms with Crippen LogP contribution in [0.2, 0.25) is 0 Å². The summed E-state index contributed by atoms with van der Waals surface area (Å²) in [5.41, 5.74) is 5.22. The molecule has 3 N–H and O–H groups in total. The Hall–Kier alpha value is -3.08. The van der Waals surface area contributed by atoms with Crippen molar-refractivity contribution >= 4 is 28.8 Å². The monoisotopic (exact) mass is 322 g/mol. The number of benzene rings is 2. The molecule has 0 saturated heterocycles. The molecule has 3 rings (SSSR count). The SMILES string of the molecule is Cc1cccc2c1C(=CNc1ccc(CCC(=O)O)cc1)C(=O)N2. The van der Waals surface area contributed by atoms with Crippen LogP contribution < -0.4 is 10.6 Å². The number of hydrogen-bond acceptors (Lipinski definition) is 3. The van der Waals surface area contributed by atoms with E-state index in [1.165, 1.54) is 0 Å². The van der Waals surface area contributed by atoms with Crippen molar-refractivity contribution in [3.63, 3.8) is 0 Å². The molecule has 0 radical (unpaired) electrons. The Kier molecular flexibility index (Phi) is 4.33. The lowest BCUT2D eigenvalue weighted by atomic mass is 10.0. The van der Waals surface area contributed by atoms with Crippen molar-refractivity contribution in [2.45, 2.75) is 19.8 Å². The van der Waals surface area contributed by atoms with E-state index < -0.39 is 5.97 Å². The minimum atomic E-state index is -0.803. The molecule has 5 heteroatoms. The Morgan fingerprint density at radius 3 is 2.67 bits per heavy atom. The van der Waals surface area contributed by atoms with E-state index in [9.17, 15) is 9.59 Å². The Balaban J connectivity index is 1.75. The molecule has 122 valence electrons. The van der Waals surface area contributed by atoms with Crippen molar-refractivity contribution in [1.29, 1.82) is 0 Å². The lowest BCUT2D eigenvalue weighted by molar-refractivity contribution is -0.137. The van der Waals surface area contributed by atoms with Gasteiger partial charge < -0.3 is 15.7 Å². The van der Waals surface area contributed by atoms with Gasteiger partial charge in [0.1, 0.15) is 0 Å². The quantitative estimate of drug-likeness (QED) is 0.737. The highest BCUT2D eigenvalue weighted by Gasteiger charge is 2.25. The van der Waals surface area contributed by atoms with Gasteiger partial charge in [-0.1, -0.05) is 24.3 Å². The lowest BCUT2D eigenvalue weighted by Gasteiger charge is -2.06. The zero-order valence-electron chi connectivity index (χ0n) is 13.3. The summed E-state index contributed by atoms with van der Waals surface area (Å²) in [4.78, 5) is 22.7. The smallest absolute Gasteiger partial charge is 0.303 e. The number of carbonyl (C=O) groups is 2. The van der Waals surface area contributed by atoms with Crippen LogP contribution in [-0.4, -0.2) is 17.0 Å². The van der Waals surface area contributed by atoms with Crippen LogP contribution in [0.3, 0.4) is 0 Å². The molecule has 0 aromatic heterocycles. The second-order valence-corrected chi connectivity index (χ2v) is 5.74. The third-order valence-corrected chi connectivity index (χ3v) is 4.00. The van der Waals surface area contributed by atoms with Crippen LogP contribution >= 0.6 is 0 Å². The second-order valence-electron chi connectivity index (χ2n) is 5.74. The van der Waals surface area contributed by atoms with Gasteiger partial charge in [-0.15, -0.1) is 0 Å². The molecule has 0 atom stereocenters. The number of carboxylic acids is 1. The zero-order valence-corrected chi connectivity index (χ0v) is 13.3. The summed E-state index contributed by atoms with van der Waals surface area (Å²) in [5.74, 6) is -0.923. The predicted octanol–water partition coefficient (Wildman–Crippen LogP) is 3.42. The van der Waals surface area contributed by atoms with E-state index in [1.54, 1.807) is 6.20 Å². The van der Waals surface area contributed by atoms with Crippen molar-refractivity contribution in [2.24, 2.45) is 0 Å². The molecule has 5 nitrogen and oxygen atoms in total. The summed E-state index contributed by atoms with van der Waals surface area (Å²) in [7, 11) is 0. The fraction of sp³-hybridized carbons (Fsp3) is 0.158. The Labute approximate surface area is 140 Å². The third kappa shape index (κ3) is 3.30. The van der Waals surface area contributed by atoms with Crippen molar-refractivity contribution in [3.8, 4) is 0 Å². The van der Waals surface area contributed by atoms with Crippen LogP contribution in [0.4, 0.5) is 11.4 Å². The lowest BCUT2D eigenvalue weighted by Crippen LogP contribution is -2.05. The summed E-state index contributed by atoms with van der Waals surface area (Å²) in [6.45, 7) is 1.98. The van der Waals surface area contributed by atoms with Gasteiger partial charge >= 0.3 is 5.97 Å². The highest BCUT2D eigenvalue weighted by atomic mass is 16.4. The summed E-state index contributed by atoms with van der Waals surface area (Å²) >= 11 is 0. The van der Waals surface area contributed by atoms with Gasteiger partial charge in [-0.05, 0) is 42.7 Å². The van der Waals surface area contributed by atoms with Gasteiger partial charge in [0.05, 0.1) is 5.57 Å². The van der Waals surface area contributed by atoms with E-state index in [2.05, 4.69) is 10.6 Å². The standard InChI is InChI=1S/C19H18N2O3/c1-12-3-2-4-16-18(12)15(19(24)21-16)11-20-14-8-5-13(6-9-14)7-10-17(22)23/h2-6,8-9,11,20H,7,10H2,1H3,(H,21,24)(H,22,23). The van der Waals surface area contributed by atoms with Crippen LogP contribution in [0.25, 0.3) is 5.57 Å². The molecular weight excluding hydrogens is 304 g/mol. The first-order chi connectivity index (χ1) is 11.5. The van der Waals surface area contributed by atoms with E-state index in [4.69, 9.17) is 5.11 Å². The first kappa shape index (κ1) is 15.8. The Morgan fingerprint density at radius 2 is 1.96 bits per heavy atom. The second kappa shape index (κ2) is 6.58. The summed E-state index contributed by atoms with van der Waals surface area (Å²) < 4.78 is 0. The molecule has 2 aromatic carbocycles. The van der Waals surface area contributed by atoms with E-state index in [0.717, 1.165) is 28.1 Å². The van der Waals surface area contributed by atoms with E-state index in [1.807, 2.05) is 49.4 Å². The molecule has 0 spiro atoms. The van der Waals surface area contributed by atoms with Crippen LogP contribution in [0.1, 0.15) is 23.1 Å². The van der Waals surface area contributed by atoms with Crippen molar-refractivity contribution in [2.75, 3.05) is 10.6 Å². The van der Waals surface area contributed by atoms with Gasteiger partial charge in [0.25, 0.3) is 5.91 Å². The summed E-state index contributed by atoms with van der Waals surface area (Å²) in [6, 6.07) is 13.3. The minimum Gasteiger partial charge on any atom is -0.481 e. The molecule has 1 aliphatic heterocycles. The first-order valence-corrected chi connectivity index (χ1v) is 7.73. The zero-order chi connectivity index (χ0) is 17.1. The van der Waals surface area contributed by atoms with Crippen LogP contribution in [0, 0.1) is 6.92 Å². The van der Waals surface area contributed by atoms with Crippen molar-refractivity contribution in [3.05, 3.63) is 65.4 Å². The molecule has 2 aromatic rings. The number of aryl methyl sites for hydroxylation is 2. The molecule has 24 heavy (non-hydrogen) atoms.